The highest BCUT2D eigenvalue weighted by molar-refractivity contribution is 14.0. The van der Waals surface area contributed by atoms with Crippen LogP contribution in [0.2, 0.25) is 0 Å². The maximum Gasteiger partial charge on any atom is 0.573 e. The standard InChI is InChI=1S/C15H22F3N3O2.HI/c1-14(2,3)12(22-4)9-20-13(19)21-10-5-7-11(8-6-10)23-15(16,17)18;/h5-8,12H,9H2,1-4H3,(H3,19,20,21);1H. The topological polar surface area (TPSA) is 68.9 Å². The van der Waals surface area contributed by atoms with Gasteiger partial charge in [-0.2, -0.15) is 0 Å². The summed E-state index contributed by atoms with van der Waals surface area (Å²) in [6.45, 7) is 6.45. The molecule has 1 aromatic carbocycles. The van der Waals surface area contributed by atoms with Crippen LogP contribution in [0.4, 0.5) is 18.9 Å². The Labute approximate surface area is 156 Å². The molecule has 0 aliphatic rings. The normalized spacial score (nSPS) is 13.9. The molecule has 0 aliphatic carbocycles. The number of nitrogens with zero attached hydrogens (tertiary/aromatic N) is 1. The van der Waals surface area contributed by atoms with Gasteiger partial charge in [-0.1, -0.05) is 20.8 Å². The zero-order valence-electron chi connectivity index (χ0n) is 14.0. The molecule has 0 fully saturated rings. The lowest BCUT2D eigenvalue weighted by molar-refractivity contribution is -0.274. The molecule has 0 spiro atoms. The number of hydrogen-bond acceptors (Lipinski definition) is 3. The van der Waals surface area contributed by atoms with Gasteiger partial charge in [0.2, 0.25) is 0 Å². The lowest BCUT2D eigenvalue weighted by atomic mass is 9.89. The molecule has 9 heteroatoms. The minimum atomic E-state index is -4.71. The van der Waals surface area contributed by atoms with Crippen LogP contribution < -0.4 is 15.8 Å². The summed E-state index contributed by atoms with van der Waals surface area (Å²) in [7, 11) is 1.61. The maximum absolute atomic E-state index is 12.1. The van der Waals surface area contributed by atoms with Crippen molar-refractivity contribution in [2.24, 2.45) is 16.1 Å². The van der Waals surface area contributed by atoms with E-state index >= 15 is 0 Å². The van der Waals surface area contributed by atoms with Gasteiger partial charge in [-0.25, -0.2) is 0 Å². The van der Waals surface area contributed by atoms with Crippen LogP contribution in [-0.2, 0) is 4.74 Å². The van der Waals surface area contributed by atoms with Crippen molar-refractivity contribution in [2.75, 3.05) is 19.0 Å². The molecule has 0 bridgehead atoms. The SMILES string of the molecule is COC(CN=C(N)Nc1ccc(OC(F)(F)F)cc1)C(C)(C)C.I. The molecule has 24 heavy (non-hydrogen) atoms. The third kappa shape index (κ3) is 8.57. The molecule has 1 unspecified atom stereocenters. The number of nitrogens with one attached hydrogen (secondary N) is 1. The third-order valence-electron chi connectivity index (χ3n) is 3.04. The summed E-state index contributed by atoms with van der Waals surface area (Å²) >= 11 is 0. The van der Waals surface area contributed by atoms with Crippen molar-refractivity contribution in [1.82, 2.24) is 0 Å². The second-order valence-electron chi connectivity index (χ2n) is 6.01. The lowest BCUT2D eigenvalue weighted by Crippen LogP contribution is -2.33. The highest BCUT2D eigenvalue weighted by Crippen LogP contribution is 2.24. The predicted molar refractivity (Wildman–Crippen MR) is 98.9 cm³/mol. The number of halogens is 4. The lowest BCUT2D eigenvalue weighted by Gasteiger charge is -2.27. The highest BCUT2D eigenvalue weighted by Gasteiger charge is 2.31. The quantitative estimate of drug-likeness (QED) is 0.396. The Balaban J connectivity index is 0.00000529. The van der Waals surface area contributed by atoms with Crippen molar-refractivity contribution in [2.45, 2.75) is 33.2 Å². The summed E-state index contributed by atoms with van der Waals surface area (Å²) in [5.74, 6) is -0.147. The highest BCUT2D eigenvalue weighted by atomic mass is 127. The minimum absolute atomic E-state index is 0. The van der Waals surface area contributed by atoms with Crippen molar-refractivity contribution in [3.8, 4) is 5.75 Å². The van der Waals surface area contributed by atoms with Gasteiger partial charge < -0.3 is 20.5 Å². The minimum Gasteiger partial charge on any atom is -0.406 e. The Morgan fingerprint density at radius 2 is 1.75 bits per heavy atom. The number of alkyl halides is 3. The second-order valence-corrected chi connectivity index (χ2v) is 6.01. The Hall–Kier alpha value is -1.23. The third-order valence-corrected chi connectivity index (χ3v) is 3.04. The molecule has 3 N–H and O–H groups in total. The van der Waals surface area contributed by atoms with Crippen LogP contribution in [0.5, 0.6) is 5.75 Å². The molecule has 1 aromatic rings. The molecule has 138 valence electrons. The van der Waals surface area contributed by atoms with Crippen LogP contribution in [0.1, 0.15) is 20.8 Å². The number of anilines is 1. The van der Waals surface area contributed by atoms with E-state index in [0.717, 1.165) is 0 Å². The van der Waals surface area contributed by atoms with Crippen LogP contribution in [0.15, 0.2) is 29.3 Å². The van der Waals surface area contributed by atoms with Gasteiger partial charge in [0.15, 0.2) is 5.96 Å². The van der Waals surface area contributed by atoms with Crippen molar-refractivity contribution < 1.29 is 22.6 Å². The number of hydrogen-bond donors (Lipinski definition) is 2. The summed E-state index contributed by atoms with van der Waals surface area (Å²) in [6.07, 6.45) is -4.82. The summed E-state index contributed by atoms with van der Waals surface area (Å²) in [4.78, 5) is 4.19. The van der Waals surface area contributed by atoms with E-state index in [1.165, 1.54) is 24.3 Å². The molecule has 0 radical (unpaired) electrons. The van der Waals surface area contributed by atoms with Gasteiger partial charge in [-0.3, -0.25) is 4.99 Å². The molecule has 0 saturated carbocycles. The molecule has 0 saturated heterocycles. The molecule has 5 nitrogen and oxygen atoms in total. The molecule has 0 aliphatic heterocycles. The smallest absolute Gasteiger partial charge is 0.406 e. The first-order chi connectivity index (χ1) is 10.5. The number of nitrogens with two attached hydrogens (primary N) is 1. The van der Waals surface area contributed by atoms with E-state index in [1.807, 2.05) is 20.8 Å². The van der Waals surface area contributed by atoms with Crippen molar-refractivity contribution in [3.63, 3.8) is 0 Å². The van der Waals surface area contributed by atoms with E-state index < -0.39 is 6.36 Å². The summed E-state index contributed by atoms with van der Waals surface area (Å²) in [6, 6.07) is 5.22. The van der Waals surface area contributed by atoms with Gasteiger partial charge >= 0.3 is 6.36 Å². The molecule has 0 heterocycles. The first-order valence-electron chi connectivity index (χ1n) is 6.97. The molecular formula is C15H23F3IN3O2. The van der Waals surface area contributed by atoms with Crippen molar-refractivity contribution in [1.29, 1.82) is 0 Å². The van der Waals surface area contributed by atoms with E-state index in [1.54, 1.807) is 7.11 Å². The first-order valence-corrected chi connectivity index (χ1v) is 6.97. The van der Waals surface area contributed by atoms with Crippen LogP contribution in [-0.4, -0.2) is 32.1 Å². The first kappa shape index (κ1) is 22.8. The summed E-state index contributed by atoms with van der Waals surface area (Å²) < 4.78 is 45.4. The van der Waals surface area contributed by atoms with Gasteiger partial charge in [0.25, 0.3) is 0 Å². The van der Waals surface area contributed by atoms with E-state index in [-0.39, 0.29) is 47.2 Å². The molecule has 0 aromatic heterocycles. The van der Waals surface area contributed by atoms with Crippen LogP contribution in [0, 0.1) is 5.41 Å². The van der Waals surface area contributed by atoms with Crippen LogP contribution >= 0.6 is 24.0 Å². The van der Waals surface area contributed by atoms with Gasteiger partial charge in [0, 0.05) is 12.8 Å². The Morgan fingerprint density at radius 1 is 1.21 bits per heavy atom. The van der Waals surface area contributed by atoms with Crippen molar-refractivity contribution in [3.05, 3.63) is 24.3 Å². The van der Waals surface area contributed by atoms with E-state index in [9.17, 15) is 13.2 Å². The van der Waals surface area contributed by atoms with Crippen LogP contribution in [0.25, 0.3) is 0 Å². The number of methoxy groups -OCH3 is 1. The van der Waals surface area contributed by atoms with Gasteiger partial charge in [0.1, 0.15) is 5.75 Å². The van der Waals surface area contributed by atoms with E-state index in [0.29, 0.717) is 12.2 Å². The number of benzene rings is 1. The fraction of sp³-hybridized carbons (Fsp3) is 0.533. The Bertz CT molecular complexity index is 528. The average molecular weight is 461 g/mol. The van der Waals surface area contributed by atoms with Gasteiger partial charge in [-0.05, 0) is 29.7 Å². The monoisotopic (exact) mass is 461 g/mol. The number of ether oxygens (including phenoxy) is 2. The molecule has 0 amide bonds. The van der Waals surface area contributed by atoms with Crippen LogP contribution in [0.3, 0.4) is 0 Å². The fourth-order valence-corrected chi connectivity index (χ4v) is 1.81. The molecule has 1 rings (SSSR count). The number of aliphatic imine (C=N–C) groups is 1. The largest absolute Gasteiger partial charge is 0.573 e. The number of rotatable bonds is 5. The zero-order chi connectivity index (χ0) is 17.7. The Morgan fingerprint density at radius 3 is 2.17 bits per heavy atom. The molecule has 1 atom stereocenters. The average Bonchev–Trinajstić information content (AvgIpc) is 2.38. The fourth-order valence-electron chi connectivity index (χ4n) is 1.81. The Kier molecular flexibility index (Phi) is 8.83. The summed E-state index contributed by atoms with van der Waals surface area (Å²) in [5, 5.41) is 2.80. The van der Waals surface area contributed by atoms with Gasteiger partial charge in [0.05, 0.1) is 12.6 Å². The van der Waals surface area contributed by atoms with Crippen molar-refractivity contribution >= 4 is 35.6 Å². The second kappa shape index (κ2) is 9.30. The van der Waals surface area contributed by atoms with E-state index in [2.05, 4.69) is 15.0 Å². The zero-order valence-corrected chi connectivity index (χ0v) is 16.3. The van der Waals surface area contributed by atoms with Gasteiger partial charge in [-0.15, -0.1) is 37.1 Å². The predicted octanol–water partition coefficient (Wildman–Crippen LogP) is 3.99. The maximum atomic E-state index is 12.1. The number of guanidine groups is 1. The molecular weight excluding hydrogens is 438 g/mol. The van der Waals surface area contributed by atoms with E-state index in [4.69, 9.17) is 10.5 Å². The summed E-state index contributed by atoms with van der Waals surface area (Å²) in [5.41, 5.74) is 6.18.